The number of amides is 2. The van der Waals surface area contributed by atoms with Crippen molar-refractivity contribution in [1.82, 2.24) is 0 Å². The lowest BCUT2D eigenvalue weighted by Gasteiger charge is -2.20. The van der Waals surface area contributed by atoms with Gasteiger partial charge in [0, 0.05) is 5.69 Å². The minimum Gasteiger partial charge on any atom is -0.444 e. The van der Waals surface area contributed by atoms with Gasteiger partial charge in [0.2, 0.25) is 0 Å². The van der Waals surface area contributed by atoms with Crippen molar-refractivity contribution in [3.05, 3.63) is 58.9 Å². The Morgan fingerprint density at radius 1 is 0.844 bits per heavy atom. The molecule has 0 bridgehead atoms. The second kappa shape index (κ2) is 8.67. The monoisotopic (exact) mass is 466 g/mol. The van der Waals surface area contributed by atoms with Crippen LogP contribution in [0, 0.1) is 5.82 Å². The summed E-state index contributed by atoms with van der Waals surface area (Å²) in [6, 6.07) is 3.08. The third-order valence-corrected chi connectivity index (χ3v) is 3.76. The standard InChI is InChI=1S/C20H17F7N2O3/c1-18(2,3)32-17(31)28-11-5-7-14(21)15(9-11)29-16(30)12-8-10(19(22,23)24)4-6-13(12)20(25,26)27/h4-9H,1-3H3,(H,28,31)(H,29,30). The number of rotatable bonds is 3. The molecule has 2 N–H and O–H groups in total. The number of benzene rings is 2. The van der Waals surface area contributed by atoms with Crippen molar-refractivity contribution in [2.45, 2.75) is 38.7 Å². The van der Waals surface area contributed by atoms with Gasteiger partial charge in [0.1, 0.15) is 11.4 Å². The number of hydrogen-bond acceptors (Lipinski definition) is 3. The van der Waals surface area contributed by atoms with Gasteiger partial charge < -0.3 is 10.1 Å². The van der Waals surface area contributed by atoms with E-state index in [1.165, 1.54) is 0 Å². The van der Waals surface area contributed by atoms with Gasteiger partial charge in [-0.05, 0) is 57.2 Å². The van der Waals surface area contributed by atoms with Crippen molar-refractivity contribution in [3.8, 4) is 0 Å². The number of halogens is 7. The molecule has 32 heavy (non-hydrogen) atoms. The number of ether oxygens (including phenoxy) is 1. The van der Waals surface area contributed by atoms with Crippen LogP contribution in [0.25, 0.3) is 0 Å². The summed E-state index contributed by atoms with van der Waals surface area (Å²) in [5, 5.41) is 4.04. The first-order valence-corrected chi connectivity index (χ1v) is 8.87. The highest BCUT2D eigenvalue weighted by atomic mass is 19.4. The Bertz CT molecular complexity index is 1030. The van der Waals surface area contributed by atoms with E-state index in [4.69, 9.17) is 4.74 Å². The van der Waals surface area contributed by atoms with E-state index in [1.807, 2.05) is 0 Å². The number of alkyl halides is 6. The summed E-state index contributed by atoms with van der Waals surface area (Å²) in [5.41, 5.74) is -6.09. The minimum atomic E-state index is -5.14. The Hall–Kier alpha value is -3.31. The molecule has 5 nitrogen and oxygen atoms in total. The summed E-state index contributed by atoms with van der Waals surface area (Å²) in [4.78, 5) is 24.2. The zero-order chi connectivity index (χ0) is 24.5. The molecule has 0 aliphatic heterocycles. The first-order chi connectivity index (χ1) is 14.5. The molecule has 12 heteroatoms. The van der Waals surface area contributed by atoms with E-state index >= 15 is 0 Å². The van der Waals surface area contributed by atoms with E-state index in [-0.39, 0.29) is 23.9 Å². The maximum atomic E-state index is 14.1. The van der Waals surface area contributed by atoms with Crippen LogP contribution in [0.2, 0.25) is 0 Å². The molecule has 0 aromatic heterocycles. The molecule has 174 valence electrons. The third-order valence-electron chi connectivity index (χ3n) is 3.76. The highest BCUT2D eigenvalue weighted by Gasteiger charge is 2.38. The SMILES string of the molecule is CC(C)(C)OC(=O)Nc1ccc(F)c(NC(=O)c2cc(C(F)(F)F)ccc2C(F)(F)F)c1. The molecular weight excluding hydrogens is 449 g/mol. The molecule has 2 aromatic rings. The molecule has 0 saturated heterocycles. The first-order valence-electron chi connectivity index (χ1n) is 8.87. The lowest BCUT2D eigenvalue weighted by Crippen LogP contribution is -2.27. The Balaban J connectivity index is 2.37. The summed E-state index contributed by atoms with van der Waals surface area (Å²) in [6.07, 6.45) is -11.1. The minimum absolute atomic E-state index is 0.0266. The predicted molar refractivity (Wildman–Crippen MR) is 101 cm³/mol. The summed E-state index contributed by atoms with van der Waals surface area (Å²) >= 11 is 0. The number of carbonyl (C=O) groups is 2. The smallest absolute Gasteiger partial charge is 0.417 e. The molecule has 0 radical (unpaired) electrons. The summed E-state index contributed by atoms with van der Waals surface area (Å²) in [5.74, 6) is -2.73. The molecule has 0 aliphatic rings. The molecule has 0 atom stereocenters. The van der Waals surface area contributed by atoms with E-state index in [2.05, 4.69) is 5.32 Å². The van der Waals surface area contributed by atoms with Gasteiger partial charge in [0.25, 0.3) is 5.91 Å². The molecule has 0 unspecified atom stereocenters. The van der Waals surface area contributed by atoms with Gasteiger partial charge in [0.05, 0.1) is 22.4 Å². The highest BCUT2D eigenvalue weighted by molar-refractivity contribution is 6.06. The number of hydrogen-bond donors (Lipinski definition) is 2. The van der Waals surface area contributed by atoms with Gasteiger partial charge in [-0.3, -0.25) is 10.1 Å². The summed E-state index contributed by atoms with van der Waals surface area (Å²) in [6.45, 7) is 4.74. The molecule has 0 spiro atoms. The fraction of sp³-hybridized carbons (Fsp3) is 0.300. The summed E-state index contributed by atoms with van der Waals surface area (Å²) in [7, 11) is 0. The fourth-order valence-corrected chi connectivity index (χ4v) is 2.47. The Morgan fingerprint density at radius 3 is 2.00 bits per heavy atom. The Labute approximate surface area is 177 Å². The molecule has 0 aliphatic carbocycles. The summed E-state index contributed by atoms with van der Waals surface area (Å²) < 4.78 is 97.4. The third kappa shape index (κ3) is 6.59. The predicted octanol–water partition coefficient (Wildman–Crippen LogP) is 6.46. The number of anilines is 2. The van der Waals surface area contributed by atoms with E-state index < -0.39 is 58.1 Å². The van der Waals surface area contributed by atoms with Gasteiger partial charge in [-0.1, -0.05) is 0 Å². The number of carbonyl (C=O) groups excluding carboxylic acids is 2. The fourth-order valence-electron chi connectivity index (χ4n) is 2.47. The van der Waals surface area contributed by atoms with Gasteiger partial charge in [-0.25, -0.2) is 9.18 Å². The van der Waals surface area contributed by atoms with Crippen molar-refractivity contribution in [3.63, 3.8) is 0 Å². The molecule has 2 aromatic carbocycles. The second-order valence-electron chi connectivity index (χ2n) is 7.53. The maximum Gasteiger partial charge on any atom is 0.417 e. The molecule has 0 saturated carbocycles. The van der Waals surface area contributed by atoms with E-state index in [1.54, 1.807) is 26.1 Å². The molecule has 0 heterocycles. The van der Waals surface area contributed by atoms with Crippen LogP contribution in [-0.4, -0.2) is 17.6 Å². The Kier molecular flexibility index (Phi) is 6.76. The van der Waals surface area contributed by atoms with Crippen LogP contribution in [0.15, 0.2) is 36.4 Å². The molecule has 2 amide bonds. The van der Waals surface area contributed by atoms with Gasteiger partial charge >= 0.3 is 18.4 Å². The van der Waals surface area contributed by atoms with Crippen molar-refractivity contribution in [1.29, 1.82) is 0 Å². The second-order valence-corrected chi connectivity index (χ2v) is 7.53. The van der Waals surface area contributed by atoms with Crippen molar-refractivity contribution < 1.29 is 45.1 Å². The van der Waals surface area contributed by atoms with Crippen LogP contribution in [0.3, 0.4) is 0 Å². The van der Waals surface area contributed by atoms with E-state index in [0.29, 0.717) is 0 Å². The quantitative estimate of drug-likeness (QED) is 0.510. The van der Waals surface area contributed by atoms with Crippen LogP contribution in [0.4, 0.5) is 46.9 Å². The maximum absolute atomic E-state index is 14.1. The van der Waals surface area contributed by atoms with Gasteiger partial charge in [-0.15, -0.1) is 0 Å². The Morgan fingerprint density at radius 2 is 1.47 bits per heavy atom. The lowest BCUT2D eigenvalue weighted by atomic mass is 10.0. The molecule has 2 rings (SSSR count). The average molecular weight is 466 g/mol. The lowest BCUT2D eigenvalue weighted by molar-refractivity contribution is -0.141. The van der Waals surface area contributed by atoms with Crippen LogP contribution in [0.1, 0.15) is 42.3 Å². The normalized spacial score (nSPS) is 12.3. The van der Waals surface area contributed by atoms with Crippen molar-refractivity contribution >= 4 is 23.4 Å². The van der Waals surface area contributed by atoms with Crippen molar-refractivity contribution in [2.75, 3.05) is 10.6 Å². The van der Waals surface area contributed by atoms with Gasteiger partial charge in [0.15, 0.2) is 0 Å². The van der Waals surface area contributed by atoms with Gasteiger partial charge in [-0.2, -0.15) is 26.3 Å². The average Bonchev–Trinajstić information content (AvgIpc) is 2.60. The topological polar surface area (TPSA) is 67.4 Å². The van der Waals surface area contributed by atoms with Crippen molar-refractivity contribution in [2.24, 2.45) is 0 Å². The first kappa shape index (κ1) is 25.0. The molecular formula is C20H17F7N2O3. The van der Waals surface area contributed by atoms with E-state index in [9.17, 15) is 40.3 Å². The van der Waals surface area contributed by atoms with Crippen LogP contribution < -0.4 is 10.6 Å². The van der Waals surface area contributed by atoms with Crippen LogP contribution in [0.5, 0.6) is 0 Å². The van der Waals surface area contributed by atoms with E-state index in [0.717, 1.165) is 18.2 Å². The zero-order valence-corrected chi connectivity index (χ0v) is 16.8. The largest absolute Gasteiger partial charge is 0.444 e. The van der Waals surface area contributed by atoms with Crippen LogP contribution >= 0.6 is 0 Å². The highest BCUT2D eigenvalue weighted by Crippen LogP contribution is 2.37. The molecule has 0 fully saturated rings. The van der Waals surface area contributed by atoms with Crippen LogP contribution in [-0.2, 0) is 17.1 Å². The zero-order valence-electron chi connectivity index (χ0n) is 16.8. The number of nitrogens with one attached hydrogen (secondary N) is 2.